The molecule has 0 spiro atoms. The first kappa shape index (κ1) is 19.8. The van der Waals surface area contributed by atoms with Crippen LogP contribution >= 0.6 is 0 Å². The zero-order chi connectivity index (χ0) is 20.8. The van der Waals surface area contributed by atoms with E-state index in [0.717, 1.165) is 29.7 Å². The summed E-state index contributed by atoms with van der Waals surface area (Å²) in [5.41, 5.74) is 5.55. The number of fused-ring (bicyclic) bond motifs is 1. The number of hydrogen-bond donors (Lipinski definition) is 1. The number of nitro groups is 1. The number of amides is 1. The number of aryl methyl sites for hydroxylation is 1. The molecule has 0 unspecified atom stereocenters. The number of nitrogens with one attached hydrogen (secondary N) is 1. The van der Waals surface area contributed by atoms with Crippen molar-refractivity contribution in [3.05, 3.63) is 74.8 Å². The number of nitriles is 1. The number of carbonyl (C=O) groups is 1. The predicted octanol–water partition coefficient (Wildman–Crippen LogP) is 3.37. The van der Waals surface area contributed by atoms with Crippen molar-refractivity contribution in [3.8, 4) is 11.8 Å². The molecule has 0 saturated carbocycles. The Bertz CT molecular complexity index is 1050. The van der Waals surface area contributed by atoms with Gasteiger partial charge in [-0.05, 0) is 65.8 Å². The fraction of sp³-hybridized carbons (Fsp3) is 0.190. The van der Waals surface area contributed by atoms with E-state index in [1.807, 2.05) is 24.3 Å². The van der Waals surface area contributed by atoms with Crippen molar-refractivity contribution in [3.63, 3.8) is 0 Å². The average Bonchev–Trinajstić information content (AvgIpc) is 2.74. The van der Waals surface area contributed by atoms with E-state index in [4.69, 9.17) is 4.74 Å². The van der Waals surface area contributed by atoms with Gasteiger partial charge >= 0.3 is 0 Å². The summed E-state index contributed by atoms with van der Waals surface area (Å²) >= 11 is 0. The van der Waals surface area contributed by atoms with Crippen molar-refractivity contribution in [1.82, 2.24) is 5.43 Å². The quantitative estimate of drug-likeness (QED) is 0.276. The van der Waals surface area contributed by atoms with Gasteiger partial charge in [-0.25, -0.2) is 5.43 Å². The van der Waals surface area contributed by atoms with Gasteiger partial charge in [0.2, 0.25) is 0 Å². The molecule has 8 nitrogen and oxygen atoms in total. The lowest BCUT2D eigenvalue weighted by molar-refractivity contribution is -0.384. The van der Waals surface area contributed by atoms with Gasteiger partial charge in [-0.15, -0.1) is 0 Å². The van der Waals surface area contributed by atoms with E-state index in [9.17, 15) is 20.2 Å². The normalized spacial score (nSPS) is 14.6. The molecule has 1 amide bonds. The van der Waals surface area contributed by atoms with Crippen LogP contribution in [0.25, 0.3) is 5.57 Å². The number of allylic oxidation sites excluding steroid dienone is 1. The highest BCUT2D eigenvalue weighted by Crippen LogP contribution is 2.35. The Kier molecular flexibility index (Phi) is 6.00. The van der Waals surface area contributed by atoms with Crippen LogP contribution in [0.2, 0.25) is 0 Å². The molecule has 3 rings (SSSR count). The van der Waals surface area contributed by atoms with Crippen LogP contribution in [0.15, 0.2) is 53.1 Å². The van der Waals surface area contributed by atoms with Crippen molar-refractivity contribution in [2.24, 2.45) is 5.10 Å². The van der Waals surface area contributed by atoms with Crippen LogP contribution in [-0.2, 0) is 11.2 Å². The van der Waals surface area contributed by atoms with Crippen molar-refractivity contribution in [1.29, 1.82) is 5.26 Å². The molecule has 0 heterocycles. The SMILES string of the molecule is COc1ccc2c(c1)CCC/C2=C(/C#N)C(=O)N/N=C\c1ccc([N+](=O)[O-])cc1. The van der Waals surface area contributed by atoms with Gasteiger partial charge in [0.1, 0.15) is 17.4 Å². The maximum atomic E-state index is 12.5. The molecule has 0 aromatic heterocycles. The molecular weight excluding hydrogens is 372 g/mol. The van der Waals surface area contributed by atoms with Crippen LogP contribution < -0.4 is 10.2 Å². The Labute approximate surface area is 167 Å². The van der Waals surface area contributed by atoms with Crippen LogP contribution in [0.3, 0.4) is 0 Å². The highest BCUT2D eigenvalue weighted by molar-refractivity contribution is 6.05. The lowest BCUT2D eigenvalue weighted by Crippen LogP contribution is -2.21. The predicted molar refractivity (Wildman–Crippen MR) is 107 cm³/mol. The molecule has 1 aliphatic rings. The Balaban J connectivity index is 1.79. The summed E-state index contributed by atoms with van der Waals surface area (Å²) < 4.78 is 5.25. The van der Waals surface area contributed by atoms with E-state index in [1.165, 1.54) is 30.5 Å². The number of methoxy groups -OCH3 is 1. The van der Waals surface area contributed by atoms with Crippen LogP contribution in [0.1, 0.15) is 29.5 Å². The minimum atomic E-state index is -0.593. The molecule has 8 heteroatoms. The number of nitrogens with zero attached hydrogens (tertiary/aromatic N) is 3. The van der Waals surface area contributed by atoms with Gasteiger partial charge in [0.05, 0.1) is 18.2 Å². The van der Waals surface area contributed by atoms with Crippen LogP contribution in [-0.4, -0.2) is 24.2 Å². The Morgan fingerprint density at radius 2 is 2.03 bits per heavy atom. The Morgan fingerprint density at radius 3 is 2.69 bits per heavy atom. The molecule has 0 aliphatic heterocycles. The van der Waals surface area contributed by atoms with E-state index >= 15 is 0 Å². The molecule has 1 aliphatic carbocycles. The van der Waals surface area contributed by atoms with Crippen LogP contribution in [0.5, 0.6) is 5.75 Å². The molecule has 0 saturated heterocycles. The summed E-state index contributed by atoms with van der Waals surface area (Å²) in [6, 6.07) is 13.3. The number of hydrazone groups is 1. The van der Waals surface area contributed by atoms with E-state index in [2.05, 4.69) is 10.5 Å². The van der Waals surface area contributed by atoms with Crippen molar-refractivity contribution >= 4 is 23.4 Å². The molecule has 0 fully saturated rings. The molecule has 2 aromatic carbocycles. The average molecular weight is 390 g/mol. The van der Waals surface area contributed by atoms with Gasteiger partial charge in [0.25, 0.3) is 11.6 Å². The first-order valence-corrected chi connectivity index (χ1v) is 8.92. The monoisotopic (exact) mass is 390 g/mol. The lowest BCUT2D eigenvalue weighted by atomic mass is 9.84. The first-order valence-electron chi connectivity index (χ1n) is 8.92. The molecule has 0 bridgehead atoms. The second-order valence-corrected chi connectivity index (χ2v) is 6.39. The molecule has 2 aromatic rings. The van der Waals surface area contributed by atoms with Crippen molar-refractivity contribution in [2.45, 2.75) is 19.3 Å². The zero-order valence-electron chi connectivity index (χ0n) is 15.7. The number of carbonyl (C=O) groups excluding carboxylic acids is 1. The molecule has 146 valence electrons. The van der Waals surface area contributed by atoms with Gasteiger partial charge < -0.3 is 4.74 Å². The Hall–Kier alpha value is -3.99. The molecule has 29 heavy (non-hydrogen) atoms. The van der Waals surface area contributed by atoms with Gasteiger partial charge in [0, 0.05) is 12.1 Å². The maximum Gasteiger partial charge on any atom is 0.282 e. The largest absolute Gasteiger partial charge is 0.497 e. The standard InChI is InChI=1S/C21H18N4O4/c1-29-17-9-10-18-15(11-17)3-2-4-19(18)20(12-22)21(26)24-23-13-14-5-7-16(8-6-14)25(27)28/h5-11,13H,2-4H2,1H3,(H,24,26)/b20-19+,23-13-. The summed E-state index contributed by atoms with van der Waals surface area (Å²) in [4.78, 5) is 22.7. The molecule has 0 radical (unpaired) electrons. The number of rotatable bonds is 5. The third-order valence-corrected chi connectivity index (χ3v) is 4.63. The van der Waals surface area contributed by atoms with E-state index < -0.39 is 10.8 Å². The summed E-state index contributed by atoms with van der Waals surface area (Å²) in [5, 5.41) is 24.1. The maximum absolute atomic E-state index is 12.5. The van der Waals surface area contributed by atoms with E-state index in [1.54, 1.807) is 7.11 Å². The summed E-state index contributed by atoms with van der Waals surface area (Å²) in [6.07, 6.45) is 3.68. The Morgan fingerprint density at radius 1 is 1.28 bits per heavy atom. The van der Waals surface area contributed by atoms with Crippen molar-refractivity contribution < 1.29 is 14.5 Å². The number of benzene rings is 2. The topological polar surface area (TPSA) is 118 Å². The molecular formula is C21H18N4O4. The number of nitro benzene ring substituents is 1. The second-order valence-electron chi connectivity index (χ2n) is 6.39. The minimum absolute atomic E-state index is 0.0250. The van der Waals surface area contributed by atoms with Gasteiger partial charge in [0.15, 0.2) is 0 Å². The smallest absolute Gasteiger partial charge is 0.282 e. The van der Waals surface area contributed by atoms with Gasteiger partial charge in [-0.3, -0.25) is 14.9 Å². The highest BCUT2D eigenvalue weighted by atomic mass is 16.6. The second kappa shape index (κ2) is 8.80. The van der Waals surface area contributed by atoms with Crippen LogP contribution in [0, 0.1) is 21.4 Å². The first-order chi connectivity index (χ1) is 14.0. The van der Waals surface area contributed by atoms with Gasteiger partial charge in [-0.2, -0.15) is 10.4 Å². The lowest BCUT2D eigenvalue weighted by Gasteiger charge is -2.20. The highest BCUT2D eigenvalue weighted by Gasteiger charge is 2.22. The summed E-state index contributed by atoms with van der Waals surface area (Å²) in [7, 11) is 1.60. The minimum Gasteiger partial charge on any atom is -0.497 e. The third-order valence-electron chi connectivity index (χ3n) is 4.63. The molecule has 0 atom stereocenters. The zero-order valence-corrected chi connectivity index (χ0v) is 15.7. The summed E-state index contributed by atoms with van der Waals surface area (Å²) in [6.45, 7) is 0. The number of ether oxygens (including phenoxy) is 1. The molecule has 1 N–H and O–H groups in total. The van der Waals surface area contributed by atoms with Crippen molar-refractivity contribution in [2.75, 3.05) is 7.11 Å². The van der Waals surface area contributed by atoms with E-state index in [-0.39, 0.29) is 11.3 Å². The van der Waals surface area contributed by atoms with Crippen LogP contribution in [0.4, 0.5) is 5.69 Å². The number of non-ortho nitro benzene ring substituents is 1. The summed E-state index contributed by atoms with van der Waals surface area (Å²) in [5.74, 6) is 0.144. The van der Waals surface area contributed by atoms with E-state index in [0.29, 0.717) is 17.6 Å². The third kappa shape index (κ3) is 4.47. The fourth-order valence-electron chi connectivity index (χ4n) is 3.21. The number of hydrogen-bond acceptors (Lipinski definition) is 6. The fourth-order valence-corrected chi connectivity index (χ4v) is 3.21. The van der Waals surface area contributed by atoms with Gasteiger partial charge in [-0.1, -0.05) is 6.07 Å².